The molecule has 1 amide bonds. The third-order valence-electron chi connectivity index (χ3n) is 5.25. The van der Waals surface area contributed by atoms with Crippen LogP contribution in [0, 0.1) is 5.92 Å². The van der Waals surface area contributed by atoms with Crippen molar-refractivity contribution >= 4 is 5.91 Å². The number of nitrogens with zero attached hydrogens (tertiary/aromatic N) is 2. The Bertz CT molecular complexity index is 687. The molecule has 5 heteroatoms. The normalized spacial score (nSPS) is 29.4. The van der Waals surface area contributed by atoms with Crippen molar-refractivity contribution in [2.75, 3.05) is 13.1 Å². The van der Waals surface area contributed by atoms with Crippen LogP contribution in [0.4, 0.5) is 0 Å². The molecule has 120 valence electrons. The number of pyridine rings is 1. The smallest absolute Gasteiger partial charge is 0.287 e. The molecule has 0 saturated carbocycles. The van der Waals surface area contributed by atoms with Gasteiger partial charge in [0, 0.05) is 30.0 Å². The number of rotatable bonds is 3. The van der Waals surface area contributed by atoms with Gasteiger partial charge < -0.3 is 9.73 Å². The molecule has 2 bridgehead atoms. The molecule has 0 unspecified atom stereocenters. The van der Waals surface area contributed by atoms with Gasteiger partial charge in [0.15, 0.2) is 5.76 Å². The molecule has 3 fully saturated rings. The quantitative estimate of drug-likeness (QED) is 0.946. The average molecular weight is 311 g/mol. The summed E-state index contributed by atoms with van der Waals surface area (Å²) in [6, 6.07) is 7.96. The highest BCUT2D eigenvalue weighted by Gasteiger charge is 2.40. The van der Waals surface area contributed by atoms with Crippen molar-refractivity contribution in [2.45, 2.75) is 31.8 Å². The zero-order valence-corrected chi connectivity index (χ0v) is 13.2. The van der Waals surface area contributed by atoms with E-state index in [0.29, 0.717) is 23.5 Å². The molecule has 3 saturated heterocycles. The van der Waals surface area contributed by atoms with Crippen LogP contribution < -0.4 is 5.32 Å². The number of fused-ring (bicyclic) bond motifs is 3. The first-order valence-electron chi connectivity index (χ1n) is 8.27. The highest BCUT2D eigenvalue weighted by atomic mass is 16.3. The Labute approximate surface area is 135 Å². The van der Waals surface area contributed by atoms with E-state index in [-0.39, 0.29) is 11.9 Å². The number of nitrogens with one attached hydrogen (secondary N) is 1. The number of amides is 1. The third kappa shape index (κ3) is 2.65. The van der Waals surface area contributed by atoms with Crippen LogP contribution in [0.3, 0.4) is 0 Å². The summed E-state index contributed by atoms with van der Waals surface area (Å²) in [7, 11) is 0. The van der Waals surface area contributed by atoms with E-state index >= 15 is 0 Å². The topological polar surface area (TPSA) is 58.4 Å². The third-order valence-corrected chi connectivity index (χ3v) is 5.25. The summed E-state index contributed by atoms with van der Waals surface area (Å²) in [5, 5.41) is 3.19. The lowest BCUT2D eigenvalue weighted by molar-refractivity contribution is 0.0211. The van der Waals surface area contributed by atoms with E-state index in [1.54, 1.807) is 18.5 Å². The maximum atomic E-state index is 12.5. The summed E-state index contributed by atoms with van der Waals surface area (Å²) in [6.45, 7) is 4.52. The number of hydrogen-bond donors (Lipinski definition) is 1. The van der Waals surface area contributed by atoms with Crippen LogP contribution in [0.2, 0.25) is 0 Å². The maximum Gasteiger partial charge on any atom is 0.287 e. The Morgan fingerprint density at radius 1 is 1.30 bits per heavy atom. The Kier molecular flexibility index (Phi) is 3.65. The van der Waals surface area contributed by atoms with Gasteiger partial charge in [0.1, 0.15) is 5.76 Å². The minimum absolute atomic E-state index is 0.120. The van der Waals surface area contributed by atoms with Crippen LogP contribution in [0.15, 0.2) is 41.1 Å². The molecule has 3 aliphatic rings. The summed E-state index contributed by atoms with van der Waals surface area (Å²) in [5.74, 6) is 1.51. The van der Waals surface area contributed by atoms with E-state index in [9.17, 15) is 4.79 Å². The maximum absolute atomic E-state index is 12.5. The molecule has 5 rings (SSSR count). The number of aromatic nitrogens is 1. The second kappa shape index (κ2) is 5.81. The van der Waals surface area contributed by atoms with Crippen molar-refractivity contribution in [3.05, 3.63) is 42.4 Å². The van der Waals surface area contributed by atoms with Gasteiger partial charge in [-0.15, -0.1) is 0 Å². The summed E-state index contributed by atoms with van der Waals surface area (Å²) in [6.07, 6.45) is 5.80. The van der Waals surface area contributed by atoms with Crippen LogP contribution in [0.1, 0.15) is 30.3 Å². The molecule has 5 heterocycles. The highest BCUT2D eigenvalue weighted by molar-refractivity contribution is 5.92. The summed E-state index contributed by atoms with van der Waals surface area (Å²) >= 11 is 0. The number of piperidine rings is 3. The van der Waals surface area contributed by atoms with Crippen molar-refractivity contribution in [2.24, 2.45) is 5.92 Å². The molecule has 5 nitrogen and oxygen atoms in total. The van der Waals surface area contributed by atoms with E-state index in [0.717, 1.165) is 18.7 Å². The molecular formula is C18H21N3O2. The lowest BCUT2D eigenvalue weighted by Crippen LogP contribution is -2.62. The molecular weight excluding hydrogens is 290 g/mol. The predicted octanol–water partition coefficient (Wildman–Crippen LogP) is 2.55. The molecule has 2 aromatic heterocycles. The molecule has 0 aromatic carbocycles. The molecule has 2 atom stereocenters. The zero-order chi connectivity index (χ0) is 15.8. The summed E-state index contributed by atoms with van der Waals surface area (Å²) < 4.78 is 5.72. The van der Waals surface area contributed by atoms with E-state index in [1.165, 1.54) is 12.8 Å². The molecule has 2 aromatic rings. The fourth-order valence-electron chi connectivity index (χ4n) is 3.89. The Morgan fingerprint density at radius 3 is 2.83 bits per heavy atom. The first-order valence-corrected chi connectivity index (χ1v) is 8.27. The minimum atomic E-state index is -0.120. The lowest BCUT2D eigenvalue weighted by atomic mass is 9.79. The van der Waals surface area contributed by atoms with Gasteiger partial charge in [0.25, 0.3) is 5.91 Å². The molecule has 1 N–H and O–H groups in total. The predicted molar refractivity (Wildman–Crippen MR) is 87.0 cm³/mol. The number of furan rings is 1. The van der Waals surface area contributed by atoms with Gasteiger partial charge in [-0.3, -0.25) is 14.7 Å². The fraction of sp³-hybridized carbons (Fsp3) is 0.444. The van der Waals surface area contributed by atoms with Crippen LogP contribution in [0.25, 0.3) is 11.3 Å². The average Bonchev–Trinajstić information content (AvgIpc) is 3.09. The number of carbonyl (C=O) groups excluding carboxylic acids is 1. The zero-order valence-electron chi connectivity index (χ0n) is 13.2. The molecule has 23 heavy (non-hydrogen) atoms. The van der Waals surface area contributed by atoms with Gasteiger partial charge in [-0.1, -0.05) is 0 Å². The van der Waals surface area contributed by atoms with Gasteiger partial charge in [0.2, 0.25) is 0 Å². The Morgan fingerprint density at radius 2 is 2.13 bits per heavy atom. The molecule has 0 spiro atoms. The van der Waals surface area contributed by atoms with E-state index in [1.807, 2.05) is 18.2 Å². The van der Waals surface area contributed by atoms with Gasteiger partial charge in [-0.25, -0.2) is 0 Å². The van der Waals surface area contributed by atoms with E-state index in [4.69, 9.17) is 4.42 Å². The summed E-state index contributed by atoms with van der Waals surface area (Å²) in [5.41, 5.74) is 0.878. The standard InChI is InChI=1S/C18H21N3O2/c1-12-17(13-6-9-21(12)10-7-13)20-18(22)16-5-4-15(23-16)14-3-2-8-19-11-14/h2-5,8,11-13,17H,6-7,9-10H2,1H3,(H,20,22)/t12-,17-/m0/s1. The van der Waals surface area contributed by atoms with Crippen LogP contribution in [-0.2, 0) is 0 Å². The second-order valence-corrected chi connectivity index (χ2v) is 6.52. The Hall–Kier alpha value is -2.14. The molecule has 0 aliphatic carbocycles. The number of hydrogen-bond acceptors (Lipinski definition) is 4. The van der Waals surface area contributed by atoms with Crippen LogP contribution in [-0.4, -0.2) is 41.0 Å². The van der Waals surface area contributed by atoms with Gasteiger partial charge in [-0.2, -0.15) is 0 Å². The van der Waals surface area contributed by atoms with Crippen LogP contribution in [0.5, 0.6) is 0 Å². The van der Waals surface area contributed by atoms with Crippen molar-refractivity contribution in [1.29, 1.82) is 0 Å². The SMILES string of the molecule is C[C@H]1[C@H](NC(=O)c2ccc(-c3cccnc3)o2)C2CCN1CC2. The van der Waals surface area contributed by atoms with Crippen LogP contribution >= 0.6 is 0 Å². The van der Waals surface area contributed by atoms with Gasteiger partial charge in [-0.05, 0) is 63.0 Å². The number of carbonyl (C=O) groups is 1. The fourth-order valence-corrected chi connectivity index (χ4v) is 3.89. The highest BCUT2D eigenvalue weighted by Crippen LogP contribution is 2.32. The van der Waals surface area contributed by atoms with Crippen molar-refractivity contribution in [3.8, 4) is 11.3 Å². The molecule has 3 aliphatic heterocycles. The van der Waals surface area contributed by atoms with Crippen molar-refractivity contribution in [3.63, 3.8) is 0 Å². The van der Waals surface area contributed by atoms with Crippen molar-refractivity contribution < 1.29 is 9.21 Å². The monoisotopic (exact) mass is 311 g/mol. The van der Waals surface area contributed by atoms with Crippen molar-refractivity contribution in [1.82, 2.24) is 15.2 Å². The first-order chi connectivity index (χ1) is 11.2. The minimum Gasteiger partial charge on any atom is -0.451 e. The molecule has 0 radical (unpaired) electrons. The van der Waals surface area contributed by atoms with E-state index in [2.05, 4.69) is 22.1 Å². The second-order valence-electron chi connectivity index (χ2n) is 6.52. The lowest BCUT2D eigenvalue weighted by Gasteiger charge is -2.49. The van der Waals surface area contributed by atoms with Gasteiger partial charge in [0.05, 0.1) is 0 Å². The van der Waals surface area contributed by atoms with E-state index < -0.39 is 0 Å². The Balaban J connectivity index is 1.49. The first kappa shape index (κ1) is 14.5. The van der Waals surface area contributed by atoms with Gasteiger partial charge >= 0.3 is 0 Å². The summed E-state index contributed by atoms with van der Waals surface area (Å²) in [4.78, 5) is 19.1. The largest absolute Gasteiger partial charge is 0.451 e.